The second-order valence-electron chi connectivity index (χ2n) is 4.20. The van der Waals surface area contributed by atoms with Gasteiger partial charge in [0.1, 0.15) is 5.75 Å². The molecule has 1 rings (SSSR count). The minimum Gasteiger partial charge on any atom is -0.508 e. The monoisotopic (exact) mass is 267 g/mol. The van der Waals surface area contributed by atoms with Crippen LogP contribution >= 0.6 is 0 Å². The van der Waals surface area contributed by atoms with Gasteiger partial charge in [-0.1, -0.05) is 6.07 Å². The zero-order valence-corrected chi connectivity index (χ0v) is 10.7. The molecule has 1 aromatic rings. The van der Waals surface area contributed by atoms with Crippen LogP contribution in [0.2, 0.25) is 0 Å². The molecule has 0 spiro atoms. The van der Waals surface area contributed by atoms with Crippen LogP contribution in [0.25, 0.3) is 0 Å². The normalized spacial score (nSPS) is 10.2. The molecule has 0 fully saturated rings. The molecule has 19 heavy (non-hydrogen) atoms. The van der Waals surface area contributed by atoms with Gasteiger partial charge >= 0.3 is 11.9 Å². The van der Waals surface area contributed by atoms with Crippen LogP contribution in [0.15, 0.2) is 18.2 Å². The molecule has 104 valence electrons. The lowest BCUT2D eigenvalue weighted by molar-refractivity contribution is -0.137. The highest BCUT2D eigenvalue weighted by atomic mass is 16.4. The molecular weight excluding hydrogens is 250 g/mol. The third-order valence-corrected chi connectivity index (χ3v) is 2.81. The van der Waals surface area contributed by atoms with Crippen molar-refractivity contribution in [3.63, 3.8) is 0 Å². The van der Waals surface area contributed by atoms with E-state index in [1.54, 1.807) is 24.0 Å². The molecule has 3 N–H and O–H groups in total. The number of aliphatic carboxylic acids is 2. The molecule has 0 aliphatic carbocycles. The first-order valence-corrected chi connectivity index (χ1v) is 5.89. The van der Waals surface area contributed by atoms with E-state index in [1.165, 1.54) is 6.07 Å². The number of hydrogen-bond acceptors (Lipinski definition) is 4. The quantitative estimate of drug-likeness (QED) is 0.691. The van der Waals surface area contributed by atoms with E-state index >= 15 is 0 Å². The highest BCUT2D eigenvalue weighted by Crippen LogP contribution is 2.27. The van der Waals surface area contributed by atoms with Gasteiger partial charge in [0.2, 0.25) is 0 Å². The Morgan fingerprint density at radius 3 is 2.11 bits per heavy atom. The predicted octanol–water partition coefficient (Wildman–Crippen LogP) is 1.46. The van der Waals surface area contributed by atoms with Gasteiger partial charge in [0.25, 0.3) is 0 Å². The number of anilines is 1. The molecule has 0 aliphatic rings. The van der Waals surface area contributed by atoms with Crippen LogP contribution in [-0.2, 0) is 9.59 Å². The Morgan fingerprint density at radius 2 is 1.63 bits per heavy atom. The van der Waals surface area contributed by atoms with Crippen LogP contribution in [0.3, 0.4) is 0 Å². The Balaban J connectivity index is 2.90. The van der Waals surface area contributed by atoms with Gasteiger partial charge in [-0.05, 0) is 19.1 Å². The molecule has 0 aliphatic heterocycles. The molecule has 0 bridgehead atoms. The van der Waals surface area contributed by atoms with Crippen LogP contribution in [0.1, 0.15) is 18.4 Å². The van der Waals surface area contributed by atoms with Crippen LogP contribution in [0.5, 0.6) is 5.75 Å². The summed E-state index contributed by atoms with van der Waals surface area (Å²) in [7, 11) is 0. The van der Waals surface area contributed by atoms with Gasteiger partial charge in [0, 0.05) is 24.3 Å². The number of rotatable bonds is 7. The van der Waals surface area contributed by atoms with Gasteiger partial charge in [-0.25, -0.2) is 0 Å². The first kappa shape index (κ1) is 14.8. The Kier molecular flexibility index (Phi) is 5.17. The minimum absolute atomic E-state index is 0.0886. The summed E-state index contributed by atoms with van der Waals surface area (Å²) in [5, 5.41) is 27.1. The largest absolute Gasteiger partial charge is 0.508 e. The maximum Gasteiger partial charge on any atom is 0.305 e. The standard InChI is InChI=1S/C13H17NO5/c1-9-10(3-2-4-11(9)15)14(7-5-12(16)17)8-6-13(18)19/h2-4,15H,5-8H2,1H3,(H,16,17)(H,18,19). The molecule has 0 unspecified atom stereocenters. The number of phenols is 1. The lowest BCUT2D eigenvalue weighted by Crippen LogP contribution is -2.29. The van der Waals surface area contributed by atoms with E-state index in [9.17, 15) is 14.7 Å². The van der Waals surface area contributed by atoms with Crippen LogP contribution in [0.4, 0.5) is 5.69 Å². The number of carboxylic acids is 2. The van der Waals surface area contributed by atoms with E-state index in [-0.39, 0.29) is 31.7 Å². The van der Waals surface area contributed by atoms with Crippen LogP contribution in [-0.4, -0.2) is 40.3 Å². The third-order valence-electron chi connectivity index (χ3n) is 2.81. The molecule has 6 heteroatoms. The Hall–Kier alpha value is -2.24. The summed E-state index contributed by atoms with van der Waals surface area (Å²) in [4.78, 5) is 22.9. The summed E-state index contributed by atoms with van der Waals surface area (Å²) in [5.41, 5.74) is 1.26. The zero-order valence-electron chi connectivity index (χ0n) is 10.7. The highest BCUT2D eigenvalue weighted by molar-refractivity contribution is 5.70. The zero-order chi connectivity index (χ0) is 14.4. The van der Waals surface area contributed by atoms with Gasteiger partial charge in [-0.3, -0.25) is 9.59 Å². The first-order valence-electron chi connectivity index (χ1n) is 5.89. The number of carbonyl (C=O) groups is 2. The van der Waals surface area contributed by atoms with Crippen molar-refractivity contribution in [1.29, 1.82) is 0 Å². The van der Waals surface area contributed by atoms with Crippen LogP contribution in [0, 0.1) is 6.92 Å². The summed E-state index contributed by atoms with van der Waals surface area (Å²) in [6.45, 7) is 2.11. The second kappa shape index (κ2) is 6.63. The van der Waals surface area contributed by atoms with E-state index < -0.39 is 11.9 Å². The predicted molar refractivity (Wildman–Crippen MR) is 69.6 cm³/mol. The molecule has 0 aromatic heterocycles. The molecule has 0 heterocycles. The lowest BCUT2D eigenvalue weighted by atomic mass is 10.1. The summed E-state index contributed by atoms with van der Waals surface area (Å²) in [6.07, 6.45) is -0.177. The van der Waals surface area contributed by atoms with Crippen molar-refractivity contribution in [2.75, 3.05) is 18.0 Å². The number of nitrogens with zero attached hydrogens (tertiary/aromatic N) is 1. The molecule has 0 radical (unpaired) electrons. The van der Waals surface area contributed by atoms with Crippen molar-refractivity contribution in [3.05, 3.63) is 23.8 Å². The van der Waals surface area contributed by atoms with Crippen molar-refractivity contribution in [3.8, 4) is 5.75 Å². The molecular formula is C13H17NO5. The van der Waals surface area contributed by atoms with Gasteiger partial charge in [-0.2, -0.15) is 0 Å². The van der Waals surface area contributed by atoms with Crippen molar-refractivity contribution in [2.45, 2.75) is 19.8 Å². The molecule has 0 saturated carbocycles. The average molecular weight is 267 g/mol. The van der Waals surface area contributed by atoms with Crippen molar-refractivity contribution < 1.29 is 24.9 Å². The fraction of sp³-hybridized carbons (Fsp3) is 0.385. The lowest BCUT2D eigenvalue weighted by Gasteiger charge is -2.25. The van der Waals surface area contributed by atoms with Gasteiger partial charge < -0.3 is 20.2 Å². The Morgan fingerprint density at radius 1 is 1.11 bits per heavy atom. The summed E-state index contributed by atoms with van der Waals surface area (Å²) in [5.74, 6) is -1.79. The summed E-state index contributed by atoms with van der Waals surface area (Å²) >= 11 is 0. The molecule has 6 nitrogen and oxygen atoms in total. The van der Waals surface area contributed by atoms with Gasteiger partial charge in [0.15, 0.2) is 0 Å². The van der Waals surface area contributed by atoms with Gasteiger partial charge in [0.05, 0.1) is 12.8 Å². The maximum atomic E-state index is 10.6. The third kappa shape index (κ3) is 4.50. The number of carboxylic acid groups (broad SMARTS) is 2. The van der Waals surface area contributed by atoms with Crippen molar-refractivity contribution in [1.82, 2.24) is 0 Å². The SMILES string of the molecule is Cc1c(O)cccc1N(CCC(=O)O)CCC(=O)O. The Bertz CT molecular complexity index is 454. The molecule has 0 atom stereocenters. The molecule has 0 amide bonds. The first-order chi connectivity index (χ1) is 8.91. The fourth-order valence-electron chi connectivity index (χ4n) is 1.77. The number of phenolic OH excluding ortho intramolecular Hbond substituents is 1. The van der Waals surface area contributed by atoms with Crippen LogP contribution < -0.4 is 4.90 Å². The number of hydrogen-bond donors (Lipinski definition) is 3. The summed E-state index contributed by atoms with van der Waals surface area (Å²) < 4.78 is 0. The number of aromatic hydroxyl groups is 1. The van der Waals surface area contributed by atoms with Crippen molar-refractivity contribution in [2.24, 2.45) is 0 Å². The average Bonchev–Trinajstić information content (AvgIpc) is 2.33. The topological polar surface area (TPSA) is 98.1 Å². The molecule has 0 saturated heterocycles. The van der Waals surface area contributed by atoms with Crippen molar-refractivity contribution >= 4 is 17.6 Å². The summed E-state index contributed by atoms with van der Waals surface area (Å²) in [6, 6.07) is 4.91. The van der Waals surface area contributed by atoms with E-state index in [2.05, 4.69) is 0 Å². The minimum atomic E-state index is -0.946. The van der Waals surface area contributed by atoms with E-state index in [4.69, 9.17) is 10.2 Å². The second-order valence-corrected chi connectivity index (χ2v) is 4.20. The van der Waals surface area contributed by atoms with E-state index in [1.807, 2.05) is 0 Å². The fourth-order valence-corrected chi connectivity index (χ4v) is 1.77. The van der Waals surface area contributed by atoms with Gasteiger partial charge in [-0.15, -0.1) is 0 Å². The Labute approximate surface area is 110 Å². The maximum absolute atomic E-state index is 10.6. The number of benzene rings is 1. The van der Waals surface area contributed by atoms with E-state index in [0.717, 1.165) is 0 Å². The smallest absolute Gasteiger partial charge is 0.305 e. The highest BCUT2D eigenvalue weighted by Gasteiger charge is 2.14. The van der Waals surface area contributed by atoms with E-state index in [0.29, 0.717) is 11.3 Å². The molecule has 1 aromatic carbocycles.